The van der Waals surface area contributed by atoms with E-state index in [1.54, 1.807) is 6.33 Å². The molecule has 0 saturated carbocycles. The Hall–Kier alpha value is -1.69. The van der Waals surface area contributed by atoms with E-state index in [0.717, 1.165) is 49.1 Å². The Morgan fingerprint density at radius 2 is 2.04 bits per heavy atom. The average Bonchev–Trinajstić information content (AvgIpc) is 2.60. The molecule has 0 bridgehead atoms. The van der Waals surface area contributed by atoms with Crippen molar-refractivity contribution in [3.05, 3.63) is 30.1 Å². The van der Waals surface area contributed by atoms with Gasteiger partial charge >= 0.3 is 0 Å². The summed E-state index contributed by atoms with van der Waals surface area (Å²) in [5, 5.41) is 1.14. The van der Waals surface area contributed by atoms with Gasteiger partial charge in [0.25, 0.3) is 0 Å². The summed E-state index contributed by atoms with van der Waals surface area (Å²) in [5.41, 5.74) is 2.23. The SMILES string of the molecule is Cc1ccc2ncnc(N3CCCC(CCCCCS(C)(=O)=O)C3)c2c1. The van der Waals surface area contributed by atoms with Gasteiger partial charge in [-0.05, 0) is 50.7 Å². The van der Waals surface area contributed by atoms with Crippen LogP contribution in [0.5, 0.6) is 0 Å². The third-order valence-electron chi connectivity index (χ3n) is 5.22. The highest BCUT2D eigenvalue weighted by atomic mass is 32.2. The molecule has 1 aromatic heterocycles. The molecule has 0 amide bonds. The molecule has 0 radical (unpaired) electrons. The van der Waals surface area contributed by atoms with Crippen LogP contribution in [0.25, 0.3) is 10.9 Å². The Morgan fingerprint density at radius 3 is 2.85 bits per heavy atom. The van der Waals surface area contributed by atoms with Crippen molar-refractivity contribution in [1.29, 1.82) is 0 Å². The van der Waals surface area contributed by atoms with Crippen LogP contribution < -0.4 is 4.90 Å². The Kier molecular flexibility index (Phi) is 6.12. The number of nitrogens with zero attached hydrogens (tertiary/aromatic N) is 3. The van der Waals surface area contributed by atoms with Crippen LogP contribution >= 0.6 is 0 Å². The van der Waals surface area contributed by atoms with E-state index < -0.39 is 9.84 Å². The summed E-state index contributed by atoms with van der Waals surface area (Å²) in [6.07, 6.45) is 9.49. The number of sulfone groups is 1. The van der Waals surface area contributed by atoms with Crippen LogP contribution in [0, 0.1) is 12.8 Å². The second kappa shape index (κ2) is 8.33. The quantitative estimate of drug-likeness (QED) is 0.690. The average molecular weight is 376 g/mol. The molecule has 0 aliphatic carbocycles. The van der Waals surface area contributed by atoms with Crippen molar-refractivity contribution in [2.24, 2.45) is 5.92 Å². The van der Waals surface area contributed by atoms with E-state index >= 15 is 0 Å². The molecule has 1 saturated heterocycles. The highest BCUT2D eigenvalue weighted by Crippen LogP contribution is 2.29. The van der Waals surface area contributed by atoms with Crippen molar-refractivity contribution >= 4 is 26.6 Å². The first kappa shape index (κ1) is 19.1. The fraction of sp³-hybridized carbons (Fsp3) is 0.600. The number of benzene rings is 1. The van der Waals surface area contributed by atoms with Crippen LogP contribution in [-0.2, 0) is 9.84 Å². The van der Waals surface area contributed by atoms with E-state index in [2.05, 4.69) is 40.0 Å². The van der Waals surface area contributed by atoms with Gasteiger partial charge in [0.1, 0.15) is 22.0 Å². The third kappa shape index (κ3) is 5.16. The summed E-state index contributed by atoms with van der Waals surface area (Å²) < 4.78 is 22.4. The molecule has 1 aliphatic rings. The number of aryl methyl sites for hydroxylation is 1. The Bertz CT molecular complexity index is 851. The zero-order valence-electron chi connectivity index (χ0n) is 15.8. The molecule has 1 aliphatic heterocycles. The molecule has 142 valence electrons. The summed E-state index contributed by atoms with van der Waals surface area (Å²) in [5.74, 6) is 2.04. The molecule has 0 spiro atoms. The lowest BCUT2D eigenvalue weighted by Gasteiger charge is -2.34. The maximum Gasteiger partial charge on any atom is 0.147 e. The van der Waals surface area contributed by atoms with Crippen molar-refractivity contribution in [2.75, 3.05) is 30.0 Å². The number of unbranched alkanes of at least 4 members (excludes halogenated alkanes) is 2. The summed E-state index contributed by atoms with van der Waals surface area (Å²) in [6.45, 7) is 4.18. The normalized spacial score (nSPS) is 18.4. The monoisotopic (exact) mass is 375 g/mol. The lowest BCUT2D eigenvalue weighted by Crippen LogP contribution is -2.36. The summed E-state index contributed by atoms with van der Waals surface area (Å²) in [4.78, 5) is 11.4. The first-order valence-corrected chi connectivity index (χ1v) is 11.6. The number of piperidine rings is 1. The largest absolute Gasteiger partial charge is 0.356 e. The molecule has 6 heteroatoms. The molecule has 1 unspecified atom stereocenters. The first-order valence-electron chi connectivity index (χ1n) is 9.56. The molecule has 5 nitrogen and oxygen atoms in total. The summed E-state index contributed by atoms with van der Waals surface area (Å²) in [7, 11) is -2.82. The number of aromatic nitrogens is 2. The van der Waals surface area contributed by atoms with Crippen molar-refractivity contribution in [2.45, 2.75) is 45.4 Å². The van der Waals surface area contributed by atoms with Gasteiger partial charge in [0.05, 0.1) is 5.52 Å². The molecule has 1 atom stereocenters. The fourth-order valence-electron chi connectivity index (χ4n) is 3.88. The topological polar surface area (TPSA) is 63.2 Å². The van der Waals surface area contributed by atoms with Crippen molar-refractivity contribution in [1.82, 2.24) is 9.97 Å². The van der Waals surface area contributed by atoms with Crippen molar-refractivity contribution < 1.29 is 8.42 Å². The van der Waals surface area contributed by atoms with Crippen LogP contribution in [-0.4, -0.2) is 43.5 Å². The molecular formula is C20H29N3O2S. The second-order valence-corrected chi connectivity index (χ2v) is 9.91. The number of anilines is 1. The van der Waals surface area contributed by atoms with Gasteiger partial charge in [0.15, 0.2) is 0 Å². The highest BCUT2D eigenvalue weighted by Gasteiger charge is 2.22. The molecule has 3 rings (SSSR count). The number of rotatable bonds is 7. The van der Waals surface area contributed by atoms with E-state index in [0.29, 0.717) is 11.7 Å². The van der Waals surface area contributed by atoms with Crippen molar-refractivity contribution in [3.8, 4) is 0 Å². The summed E-state index contributed by atoms with van der Waals surface area (Å²) >= 11 is 0. The molecule has 0 N–H and O–H groups in total. The van der Waals surface area contributed by atoms with Gasteiger partial charge in [-0.25, -0.2) is 18.4 Å². The number of fused-ring (bicyclic) bond motifs is 1. The molecular weight excluding hydrogens is 346 g/mol. The summed E-state index contributed by atoms with van der Waals surface area (Å²) in [6, 6.07) is 6.34. The lowest BCUT2D eigenvalue weighted by atomic mass is 9.92. The molecule has 1 aromatic carbocycles. The van der Waals surface area contributed by atoms with Gasteiger partial charge in [0, 0.05) is 30.5 Å². The number of hydrogen-bond donors (Lipinski definition) is 0. The Labute approximate surface area is 156 Å². The molecule has 2 heterocycles. The number of hydrogen-bond acceptors (Lipinski definition) is 5. The first-order chi connectivity index (χ1) is 12.4. The predicted molar refractivity (Wildman–Crippen MR) is 107 cm³/mol. The Balaban J connectivity index is 1.60. The second-order valence-electron chi connectivity index (χ2n) is 7.65. The van der Waals surface area contributed by atoms with E-state index in [1.807, 2.05) is 0 Å². The minimum Gasteiger partial charge on any atom is -0.356 e. The third-order valence-corrected chi connectivity index (χ3v) is 6.25. The van der Waals surface area contributed by atoms with E-state index in [4.69, 9.17) is 0 Å². The van der Waals surface area contributed by atoms with Crippen LogP contribution in [0.2, 0.25) is 0 Å². The minimum atomic E-state index is -2.82. The maximum atomic E-state index is 11.2. The van der Waals surface area contributed by atoms with Crippen LogP contribution in [0.15, 0.2) is 24.5 Å². The maximum absolute atomic E-state index is 11.2. The fourth-order valence-corrected chi connectivity index (χ4v) is 4.60. The predicted octanol–water partition coefficient (Wildman–Crippen LogP) is 3.76. The van der Waals surface area contributed by atoms with Gasteiger partial charge < -0.3 is 4.90 Å². The van der Waals surface area contributed by atoms with Gasteiger partial charge in [-0.1, -0.05) is 24.5 Å². The molecule has 1 fully saturated rings. The lowest BCUT2D eigenvalue weighted by molar-refractivity contribution is 0.377. The zero-order chi connectivity index (χ0) is 18.6. The minimum absolute atomic E-state index is 0.316. The molecule has 26 heavy (non-hydrogen) atoms. The molecule has 2 aromatic rings. The zero-order valence-corrected chi connectivity index (χ0v) is 16.6. The van der Waals surface area contributed by atoms with Crippen LogP contribution in [0.1, 0.15) is 44.1 Å². The van der Waals surface area contributed by atoms with Gasteiger partial charge in [-0.2, -0.15) is 0 Å². The van der Waals surface area contributed by atoms with Crippen LogP contribution in [0.4, 0.5) is 5.82 Å². The van der Waals surface area contributed by atoms with E-state index in [9.17, 15) is 8.42 Å². The standard InChI is InChI=1S/C20H29N3O2S/c1-16-9-10-19-18(13-16)20(22-15-21-19)23-11-6-8-17(14-23)7-4-3-5-12-26(2,24)25/h9-10,13,15,17H,3-8,11-12,14H2,1-2H3. The van der Waals surface area contributed by atoms with E-state index in [-0.39, 0.29) is 0 Å². The van der Waals surface area contributed by atoms with Gasteiger partial charge in [-0.15, -0.1) is 0 Å². The smallest absolute Gasteiger partial charge is 0.147 e. The highest BCUT2D eigenvalue weighted by molar-refractivity contribution is 7.90. The van der Waals surface area contributed by atoms with Crippen molar-refractivity contribution in [3.63, 3.8) is 0 Å². The Morgan fingerprint density at radius 1 is 1.19 bits per heavy atom. The van der Waals surface area contributed by atoms with Gasteiger partial charge in [0.2, 0.25) is 0 Å². The van der Waals surface area contributed by atoms with Crippen LogP contribution in [0.3, 0.4) is 0 Å². The van der Waals surface area contributed by atoms with Gasteiger partial charge in [-0.3, -0.25) is 0 Å². The van der Waals surface area contributed by atoms with E-state index in [1.165, 1.54) is 31.1 Å².